The number of amides is 1. The van der Waals surface area contributed by atoms with Gasteiger partial charge in [0.2, 0.25) is 0 Å². The van der Waals surface area contributed by atoms with Crippen LogP contribution in [0.3, 0.4) is 0 Å². The molecule has 0 aliphatic carbocycles. The smallest absolute Gasteiger partial charge is 0.410 e. The van der Waals surface area contributed by atoms with E-state index in [1.165, 1.54) is 11.5 Å². The molecule has 2 N–H and O–H groups in total. The van der Waals surface area contributed by atoms with Crippen molar-refractivity contribution in [2.45, 2.75) is 38.3 Å². The van der Waals surface area contributed by atoms with Crippen LogP contribution in [-0.2, 0) is 10.3 Å². The van der Waals surface area contributed by atoms with Gasteiger partial charge < -0.3 is 15.4 Å². The molecule has 1 aromatic rings. The molecule has 0 spiro atoms. The first kappa shape index (κ1) is 13.3. The fourth-order valence-corrected chi connectivity index (χ4v) is 2.69. The quantitative estimate of drug-likeness (QED) is 0.846. The first-order chi connectivity index (χ1) is 8.30. The second kappa shape index (κ2) is 4.51. The Morgan fingerprint density at radius 2 is 2.33 bits per heavy atom. The van der Waals surface area contributed by atoms with Crippen molar-refractivity contribution in [1.29, 1.82) is 0 Å². The minimum Gasteiger partial charge on any atom is -0.444 e. The van der Waals surface area contributed by atoms with Crippen LogP contribution in [0.25, 0.3) is 0 Å². The fourth-order valence-electron chi connectivity index (χ4n) is 1.99. The van der Waals surface area contributed by atoms with Crippen LogP contribution < -0.4 is 5.73 Å². The maximum Gasteiger partial charge on any atom is 0.410 e. The van der Waals surface area contributed by atoms with Crippen LogP contribution in [-0.4, -0.2) is 34.1 Å². The van der Waals surface area contributed by atoms with Gasteiger partial charge in [0.25, 0.3) is 0 Å². The first-order valence-electron chi connectivity index (χ1n) is 5.98. The number of likely N-dealkylation sites (tertiary alicyclic amines) is 1. The second-order valence-electron chi connectivity index (χ2n) is 5.68. The van der Waals surface area contributed by atoms with Crippen LogP contribution in [0.4, 0.5) is 4.79 Å². The molecular weight excluding hydrogens is 250 g/mol. The van der Waals surface area contributed by atoms with Crippen LogP contribution in [0, 0.1) is 0 Å². The molecule has 6 heteroatoms. The Balaban J connectivity index is 2.02. The maximum absolute atomic E-state index is 12.0. The van der Waals surface area contributed by atoms with Gasteiger partial charge in [-0.3, -0.25) is 0 Å². The van der Waals surface area contributed by atoms with Gasteiger partial charge in [-0.15, -0.1) is 0 Å². The van der Waals surface area contributed by atoms with E-state index < -0.39 is 11.1 Å². The van der Waals surface area contributed by atoms with Crippen LogP contribution >= 0.6 is 11.5 Å². The van der Waals surface area contributed by atoms with E-state index in [9.17, 15) is 4.79 Å². The van der Waals surface area contributed by atoms with Crippen molar-refractivity contribution < 1.29 is 9.53 Å². The molecular formula is C12H19N3O2S. The number of hydrogen-bond acceptors (Lipinski definition) is 5. The molecule has 1 saturated heterocycles. The highest BCUT2D eigenvalue weighted by Gasteiger charge is 2.40. The van der Waals surface area contributed by atoms with Crippen molar-refractivity contribution in [2.75, 3.05) is 13.1 Å². The minimum atomic E-state index is -0.474. The number of carbonyl (C=O) groups is 1. The van der Waals surface area contributed by atoms with Gasteiger partial charge in [-0.1, -0.05) is 0 Å². The van der Waals surface area contributed by atoms with Gasteiger partial charge in [-0.25, -0.2) is 9.17 Å². The van der Waals surface area contributed by atoms with E-state index in [1.54, 1.807) is 11.1 Å². The molecule has 1 amide bonds. The first-order valence-corrected chi connectivity index (χ1v) is 6.75. The van der Waals surface area contributed by atoms with E-state index in [0.717, 1.165) is 11.3 Å². The third kappa shape index (κ3) is 2.81. The zero-order valence-corrected chi connectivity index (χ0v) is 11.8. The highest BCUT2D eigenvalue weighted by atomic mass is 32.1. The lowest BCUT2D eigenvalue weighted by Crippen LogP contribution is -2.42. The number of nitrogens with zero attached hydrogens (tertiary/aromatic N) is 2. The lowest BCUT2D eigenvalue weighted by atomic mass is 9.98. The standard InChI is InChI=1S/C12H19N3O2S/c1-11(2,3)17-10(16)15-7-5-12(13,8-15)9-4-6-14-18-9/h4,6H,5,7-8,13H2,1-3H3. The van der Waals surface area contributed by atoms with Gasteiger partial charge in [-0.05, 0) is 44.8 Å². The average Bonchev–Trinajstić information content (AvgIpc) is 2.83. The number of nitrogens with two attached hydrogens (primary N) is 1. The molecule has 5 nitrogen and oxygen atoms in total. The number of carbonyl (C=O) groups excluding carboxylic acids is 1. The summed E-state index contributed by atoms with van der Waals surface area (Å²) in [5.41, 5.74) is 5.39. The predicted molar refractivity (Wildman–Crippen MR) is 70.4 cm³/mol. The Morgan fingerprint density at radius 3 is 2.89 bits per heavy atom. The Bertz CT molecular complexity index is 427. The van der Waals surface area contributed by atoms with Gasteiger partial charge in [0, 0.05) is 24.2 Å². The summed E-state index contributed by atoms with van der Waals surface area (Å²) < 4.78 is 9.42. The van der Waals surface area contributed by atoms with Crippen LogP contribution in [0.5, 0.6) is 0 Å². The summed E-state index contributed by atoms with van der Waals surface area (Å²) in [6, 6.07) is 1.92. The van der Waals surface area contributed by atoms with E-state index >= 15 is 0 Å². The number of ether oxygens (including phenoxy) is 1. The molecule has 100 valence electrons. The van der Waals surface area contributed by atoms with E-state index in [4.69, 9.17) is 10.5 Å². The van der Waals surface area contributed by atoms with Gasteiger partial charge in [0.1, 0.15) is 5.60 Å². The third-order valence-electron chi connectivity index (χ3n) is 2.88. The Hall–Kier alpha value is -1.14. The molecule has 2 heterocycles. The van der Waals surface area contributed by atoms with Crippen molar-refractivity contribution in [3.8, 4) is 0 Å². The zero-order chi connectivity index (χ0) is 13.4. The maximum atomic E-state index is 12.0. The van der Waals surface area contributed by atoms with Crippen LogP contribution in [0.2, 0.25) is 0 Å². The topological polar surface area (TPSA) is 68.5 Å². The highest BCUT2D eigenvalue weighted by Crippen LogP contribution is 2.32. The average molecular weight is 269 g/mol. The predicted octanol–water partition coefficient (Wildman–Crippen LogP) is 1.94. The molecule has 0 aromatic carbocycles. The SMILES string of the molecule is CC(C)(C)OC(=O)N1CCC(N)(c2ccns2)C1. The van der Waals surface area contributed by atoms with Crippen molar-refractivity contribution >= 4 is 17.6 Å². The van der Waals surface area contributed by atoms with E-state index in [2.05, 4.69) is 4.37 Å². The second-order valence-corrected chi connectivity index (χ2v) is 6.52. The molecule has 1 unspecified atom stereocenters. The number of aromatic nitrogens is 1. The zero-order valence-electron chi connectivity index (χ0n) is 11.0. The normalized spacial score (nSPS) is 24.3. The van der Waals surface area contributed by atoms with E-state index in [1.807, 2.05) is 26.8 Å². The third-order valence-corrected chi connectivity index (χ3v) is 3.85. The van der Waals surface area contributed by atoms with Crippen LogP contribution in [0.15, 0.2) is 12.3 Å². The molecule has 1 aliphatic rings. The van der Waals surface area contributed by atoms with Crippen molar-refractivity contribution in [2.24, 2.45) is 5.73 Å². The Labute approximate surface area is 111 Å². The molecule has 1 fully saturated rings. The Kier molecular flexibility index (Phi) is 3.33. The molecule has 0 saturated carbocycles. The molecule has 1 aromatic heterocycles. The van der Waals surface area contributed by atoms with Gasteiger partial charge >= 0.3 is 6.09 Å². The molecule has 1 aliphatic heterocycles. The summed E-state index contributed by atoms with van der Waals surface area (Å²) in [7, 11) is 0. The lowest BCUT2D eigenvalue weighted by molar-refractivity contribution is 0.0284. The number of rotatable bonds is 1. The van der Waals surface area contributed by atoms with E-state index in [-0.39, 0.29) is 6.09 Å². The largest absolute Gasteiger partial charge is 0.444 e. The lowest BCUT2D eigenvalue weighted by Gasteiger charge is -2.26. The monoisotopic (exact) mass is 269 g/mol. The summed E-state index contributed by atoms with van der Waals surface area (Å²) in [5, 5.41) is 0. The molecule has 1 atom stereocenters. The minimum absolute atomic E-state index is 0.292. The summed E-state index contributed by atoms with van der Waals surface area (Å²) in [6.45, 7) is 6.70. The van der Waals surface area contributed by atoms with Crippen LogP contribution in [0.1, 0.15) is 32.1 Å². The molecule has 2 rings (SSSR count). The Morgan fingerprint density at radius 1 is 1.61 bits per heavy atom. The highest BCUT2D eigenvalue weighted by molar-refractivity contribution is 7.05. The van der Waals surface area contributed by atoms with Gasteiger partial charge in [0.15, 0.2) is 0 Å². The molecule has 18 heavy (non-hydrogen) atoms. The number of hydrogen-bond donors (Lipinski definition) is 1. The van der Waals surface area contributed by atoms with E-state index in [0.29, 0.717) is 13.1 Å². The van der Waals surface area contributed by atoms with Gasteiger partial charge in [0.05, 0.1) is 5.54 Å². The van der Waals surface area contributed by atoms with Gasteiger partial charge in [-0.2, -0.15) is 0 Å². The summed E-state index contributed by atoms with van der Waals surface area (Å²) in [4.78, 5) is 14.6. The summed E-state index contributed by atoms with van der Waals surface area (Å²) in [6.07, 6.45) is 2.19. The fraction of sp³-hybridized carbons (Fsp3) is 0.667. The summed E-state index contributed by atoms with van der Waals surface area (Å²) in [5.74, 6) is 0. The van der Waals surface area contributed by atoms with Crippen molar-refractivity contribution in [1.82, 2.24) is 9.27 Å². The van der Waals surface area contributed by atoms with Crippen molar-refractivity contribution in [3.05, 3.63) is 17.1 Å². The molecule has 0 bridgehead atoms. The summed E-state index contributed by atoms with van der Waals surface area (Å²) >= 11 is 1.39. The molecule has 0 radical (unpaired) electrons. The van der Waals surface area contributed by atoms with Crippen molar-refractivity contribution in [3.63, 3.8) is 0 Å².